The molecule has 8 heteroatoms. The van der Waals surface area contributed by atoms with E-state index in [0.717, 1.165) is 0 Å². The van der Waals surface area contributed by atoms with Gasteiger partial charge in [0.25, 0.3) is 0 Å². The van der Waals surface area contributed by atoms with E-state index in [9.17, 15) is 9.18 Å². The number of nitrogens with zero attached hydrogens (tertiary/aromatic N) is 2. The lowest BCUT2D eigenvalue weighted by molar-refractivity contribution is -0.115. The quantitative estimate of drug-likeness (QED) is 0.720. The second kappa shape index (κ2) is 7.15. The molecule has 2 aromatic carbocycles. The fraction of sp³-hybridized carbons (Fsp3) is 0.150. The zero-order valence-corrected chi connectivity index (χ0v) is 15.2. The number of carbonyl (C=O) groups is 1. The molecule has 0 bridgehead atoms. The van der Waals surface area contributed by atoms with Gasteiger partial charge in [0.1, 0.15) is 5.82 Å². The van der Waals surface area contributed by atoms with Gasteiger partial charge in [0, 0.05) is 29.1 Å². The number of carbonyl (C=O) groups excluding carboxylic acids is 1. The van der Waals surface area contributed by atoms with Crippen molar-refractivity contribution in [1.29, 1.82) is 0 Å². The summed E-state index contributed by atoms with van der Waals surface area (Å²) < 4.78 is 24.2. The van der Waals surface area contributed by atoms with Gasteiger partial charge in [-0.1, -0.05) is 0 Å². The van der Waals surface area contributed by atoms with Crippen LogP contribution < -0.4 is 20.1 Å². The molecule has 142 valence electrons. The van der Waals surface area contributed by atoms with Gasteiger partial charge in [-0.25, -0.2) is 14.4 Å². The minimum atomic E-state index is -0.430. The molecule has 2 N–H and O–H groups in total. The van der Waals surface area contributed by atoms with Gasteiger partial charge < -0.3 is 20.1 Å². The lowest BCUT2D eigenvalue weighted by Gasteiger charge is -2.12. The monoisotopic (exact) mass is 380 g/mol. The molecule has 0 spiro atoms. The second-order valence-electron chi connectivity index (χ2n) is 6.18. The van der Waals surface area contributed by atoms with Gasteiger partial charge in [0.15, 0.2) is 11.5 Å². The fourth-order valence-corrected chi connectivity index (χ4v) is 3.07. The van der Waals surface area contributed by atoms with Crippen LogP contribution in [0.15, 0.2) is 42.6 Å². The van der Waals surface area contributed by atoms with E-state index in [1.165, 1.54) is 12.1 Å². The number of hydrogen-bond donors (Lipinski definition) is 2. The summed E-state index contributed by atoms with van der Waals surface area (Å²) in [5.74, 6) is 0.847. The van der Waals surface area contributed by atoms with Crippen molar-refractivity contribution in [1.82, 2.24) is 9.97 Å². The van der Waals surface area contributed by atoms with E-state index < -0.39 is 5.82 Å². The van der Waals surface area contributed by atoms with Crippen LogP contribution in [-0.4, -0.2) is 30.1 Å². The predicted molar refractivity (Wildman–Crippen MR) is 103 cm³/mol. The molecule has 2 heterocycles. The Labute approximate surface area is 160 Å². The van der Waals surface area contributed by atoms with Gasteiger partial charge in [-0.05, 0) is 30.3 Å². The highest BCUT2D eigenvalue weighted by Gasteiger charge is 2.21. The summed E-state index contributed by atoms with van der Waals surface area (Å²) in [6.45, 7) is 0. The second-order valence-corrected chi connectivity index (χ2v) is 6.18. The molecular weight excluding hydrogens is 363 g/mol. The number of methoxy groups -OCH3 is 2. The summed E-state index contributed by atoms with van der Waals surface area (Å²) in [4.78, 5) is 21.0. The standard InChI is InChI=1S/C20H17FN4O3/c1-27-16-6-4-13(9-17(16)28-2)23-20-22-10-11-7-18(26)24-15-8-12(21)3-5-14(15)19(11)25-20/h3-6,8-10H,7H2,1-2H3,(H,24,26)(H,22,23,25). The SMILES string of the molecule is COc1ccc(Nc2ncc3c(n2)-c2ccc(F)cc2NC(=O)C3)cc1OC. The van der Waals surface area contributed by atoms with Crippen LogP contribution in [0.25, 0.3) is 11.3 Å². The van der Waals surface area contributed by atoms with Crippen molar-refractivity contribution in [2.75, 3.05) is 24.9 Å². The van der Waals surface area contributed by atoms with Crippen molar-refractivity contribution >= 4 is 23.2 Å². The highest BCUT2D eigenvalue weighted by atomic mass is 19.1. The number of halogens is 1. The molecule has 0 fully saturated rings. The van der Waals surface area contributed by atoms with Gasteiger partial charge in [-0.2, -0.15) is 0 Å². The number of amides is 1. The largest absolute Gasteiger partial charge is 0.493 e. The highest BCUT2D eigenvalue weighted by Crippen LogP contribution is 2.34. The maximum atomic E-state index is 13.6. The van der Waals surface area contributed by atoms with E-state index >= 15 is 0 Å². The smallest absolute Gasteiger partial charge is 0.228 e. The fourth-order valence-electron chi connectivity index (χ4n) is 3.07. The van der Waals surface area contributed by atoms with Crippen LogP contribution in [0.5, 0.6) is 11.5 Å². The summed E-state index contributed by atoms with van der Waals surface area (Å²) in [6.07, 6.45) is 1.71. The molecule has 4 rings (SSSR count). The molecule has 1 aliphatic heterocycles. The molecule has 1 aliphatic rings. The Bertz CT molecular complexity index is 1070. The Kier molecular flexibility index (Phi) is 4.52. The van der Waals surface area contributed by atoms with Crippen molar-refractivity contribution in [3.63, 3.8) is 0 Å². The summed E-state index contributed by atoms with van der Waals surface area (Å²) >= 11 is 0. The van der Waals surface area contributed by atoms with Gasteiger partial charge in [0.2, 0.25) is 11.9 Å². The van der Waals surface area contributed by atoms with Crippen LogP contribution in [0, 0.1) is 5.82 Å². The van der Waals surface area contributed by atoms with Crippen molar-refractivity contribution in [2.24, 2.45) is 0 Å². The summed E-state index contributed by atoms with van der Waals surface area (Å²) in [6, 6.07) is 9.57. The Balaban J connectivity index is 1.73. The Morgan fingerprint density at radius 3 is 2.71 bits per heavy atom. The van der Waals surface area contributed by atoms with Gasteiger partial charge in [-0.15, -0.1) is 0 Å². The maximum absolute atomic E-state index is 13.6. The molecule has 0 unspecified atom stereocenters. The first-order valence-electron chi connectivity index (χ1n) is 8.52. The van der Waals surface area contributed by atoms with Crippen LogP contribution in [0.4, 0.5) is 21.7 Å². The Morgan fingerprint density at radius 1 is 1.11 bits per heavy atom. The van der Waals surface area contributed by atoms with Crippen molar-refractivity contribution in [3.05, 3.63) is 54.0 Å². The van der Waals surface area contributed by atoms with Crippen molar-refractivity contribution in [3.8, 4) is 22.8 Å². The van der Waals surface area contributed by atoms with Gasteiger partial charge >= 0.3 is 0 Å². The van der Waals surface area contributed by atoms with Crippen LogP contribution in [0.3, 0.4) is 0 Å². The van der Waals surface area contributed by atoms with E-state index in [1.807, 2.05) is 6.07 Å². The molecule has 1 amide bonds. The molecule has 0 aliphatic carbocycles. The number of benzene rings is 2. The number of aromatic nitrogens is 2. The number of hydrogen-bond acceptors (Lipinski definition) is 6. The summed E-state index contributed by atoms with van der Waals surface area (Å²) in [5, 5.41) is 5.83. The highest BCUT2D eigenvalue weighted by molar-refractivity contribution is 6.00. The first-order valence-corrected chi connectivity index (χ1v) is 8.52. The van der Waals surface area contributed by atoms with E-state index in [2.05, 4.69) is 20.6 Å². The minimum Gasteiger partial charge on any atom is -0.493 e. The summed E-state index contributed by atoms with van der Waals surface area (Å²) in [7, 11) is 3.12. The van der Waals surface area contributed by atoms with Gasteiger partial charge in [0.05, 0.1) is 32.0 Å². The Morgan fingerprint density at radius 2 is 1.93 bits per heavy atom. The lowest BCUT2D eigenvalue weighted by Crippen LogP contribution is -2.13. The molecule has 3 aromatic rings. The molecular formula is C20H17FN4O3. The molecule has 1 aromatic heterocycles. The van der Waals surface area contributed by atoms with Crippen molar-refractivity contribution < 1.29 is 18.7 Å². The van der Waals surface area contributed by atoms with Gasteiger partial charge in [-0.3, -0.25) is 4.79 Å². The molecule has 28 heavy (non-hydrogen) atoms. The minimum absolute atomic E-state index is 0.113. The number of nitrogens with one attached hydrogen (secondary N) is 2. The van der Waals surface area contributed by atoms with E-state index in [-0.39, 0.29) is 12.3 Å². The van der Waals surface area contributed by atoms with Crippen LogP contribution >= 0.6 is 0 Å². The zero-order chi connectivity index (χ0) is 19.7. The normalized spacial score (nSPS) is 12.3. The molecule has 0 radical (unpaired) electrons. The average Bonchev–Trinajstić information content (AvgIpc) is 2.82. The Hall–Kier alpha value is -3.68. The van der Waals surface area contributed by atoms with Crippen LogP contribution in [0.2, 0.25) is 0 Å². The number of anilines is 3. The average molecular weight is 380 g/mol. The third kappa shape index (κ3) is 3.32. The van der Waals surface area contributed by atoms with E-state index in [1.54, 1.807) is 38.6 Å². The van der Waals surface area contributed by atoms with Crippen LogP contribution in [0.1, 0.15) is 5.56 Å². The maximum Gasteiger partial charge on any atom is 0.228 e. The first-order chi connectivity index (χ1) is 13.6. The zero-order valence-electron chi connectivity index (χ0n) is 15.2. The first kappa shape index (κ1) is 17.7. The van der Waals surface area contributed by atoms with E-state index in [0.29, 0.717) is 45.6 Å². The van der Waals surface area contributed by atoms with Crippen molar-refractivity contribution in [2.45, 2.75) is 6.42 Å². The lowest BCUT2D eigenvalue weighted by atomic mass is 10.1. The molecule has 0 atom stereocenters. The third-order valence-electron chi connectivity index (χ3n) is 4.37. The number of fused-ring (bicyclic) bond motifs is 3. The molecule has 0 saturated carbocycles. The van der Waals surface area contributed by atoms with E-state index in [4.69, 9.17) is 9.47 Å². The molecule has 7 nitrogen and oxygen atoms in total. The number of rotatable bonds is 4. The molecule has 0 saturated heterocycles. The topological polar surface area (TPSA) is 85.4 Å². The van der Waals surface area contributed by atoms with Crippen LogP contribution in [-0.2, 0) is 11.2 Å². The predicted octanol–water partition coefficient (Wildman–Crippen LogP) is 3.54. The number of ether oxygens (including phenoxy) is 2. The summed E-state index contributed by atoms with van der Waals surface area (Å²) in [5.41, 5.74) is 2.98. The third-order valence-corrected chi connectivity index (χ3v) is 4.37.